The summed E-state index contributed by atoms with van der Waals surface area (Å²) in [5, 5.41) is 0. The number of hydrogen-bond acceptors (Lipinski definition) is 1. The van der Waals surface area contributed by atoms with Gasteiger partial charge >= 0.3 is 0 Å². The summed E-state index contributed by atoms with van der Waals surface area (Å²) in [7, 11) is 2.66. The van der Waals surface area contributed by atoms with Gasteiger partial charge in [0.1, 0.15) is 6.07 Å². The lowest BCUT2D eigenvalue weighted by Gasteiger charge is -1.73. The lowest BCUT2D eigenvalue weighted by Crippen LogP contribution is -1.72. The highest BCUT2D eigenvalue weighted by Gasteiger charge is 1.55. The van der Waals surface area contributed by atoms with E-state index in [-0.39, 0.29) is 6.07 Å². The fourth-order valence-electron chi connectivity index (χ4n) is 0. The number of halogens is 1. The van der Waals surface area contributed by atoms with Gasteiger partial charge in [-0.3, -0.25) is 0 Å². The maximum absolute atomic E-state index is 4.92. The molecule has 0 atom stereocenters. The minimum Gasteiger partial charge on any atom is -0.405 e. The first-order valence-corrected chi connectivity index (χ1v) is 1.70. The van der Waals surface area contributed by atoms with E-state index in [1.54, 1.807) is 0 Å². The smallest absolute Gasteiger partial charge is 0.247 e. The van der Waals surface area contributed by atoms with Crippen molar-refractivity contribution >= 4 is 22.1 Å². The maximum Gasteiger partial charge on any atom is 0.247 e. The Hall–Kier alpha value is 0.467. The van der Waals surface area contributed by atoms with Crippen LogP contribution in [0.15, 0.2) is 0 Å². The Morgan fingerprint density at radius 3 is 2.25 bits per heavy atom. The molecule has 0 aromatic heterocycles. The summed E-state index contributed by atoms with van der Waals surface area (Å²) in [5.74, 6) is 0. The zero-order valence-corrected chi connectivity index (χ0v) is 3.75. The molecule has 4 heavy (non-hydrogen) atoms. The Labute approximate surface area is 33.5 Å². The first kappa shape index (κ1) is 4.47. The summed E-state index contributed by atoms with van der Waals surface area (Å²) in [6, 6.07) is 0.205. The van der Waals surface area contributed by atoms with Gasteiger partial charge < -0.3 is 4.43 Å². The van der Waals surface area contributed by atoms with E-state index >= 15 is 0 Å². The molecule has 0 unspecified atom stereocenters. The molecule has 0 bridgehead atoms. The highest BCUT2D eigenvalue weighted by Crippen LogP contribution is 1.65. The molecule has 0 saturated heterocycles. The van der Waals surface area contributed by atoms with Gasteiger partial charge in [-0.1, -0.05) is 11.6 Å². The van der Waals surface area contributed by atoms with Crippen molar-refractivity contribution in [2.24, 2.45) is 0 Å². The van der Waals surface area contributed by atoms with Crippen molar-refractivity contribution < 1.29 is 4.43 Å². The van der Waals surface area contributed by atoms with Crippen molar-refractivity contribution in [1.29, 1.82) is 0 Å². The highest BCUT2D eigenvalue weighted by molar-refractivity contribution is 6.18. The quantitative estimate of drug-likeness (QED) is 0.334. The zero-order valence-electron chi connectivity index (χ0n) is 1.99. The molecule has 0 aliphatic heterocycles. The molecule has 0 rings (SSSR count). The number of alkyl halides is 1. The molecule has 0 aromatic rings. The van der Waals surface area contributed by atoms with Crippen LogP contribution in [0.25, 0.3) is 0 Å². The Kier molecular flexibility index (Phi) is 3.87. The molecular formula is CH2ClOSi. The van der Waals surface area contributed by atoms with Crippen LogP contribution in [0.3, 0.4) is 0 Å². The van der Waals surface area contributed by atoms with Crippen molar-refractivity contribution in [1.82, 2.24) is 0 Å². The number of hydrogen-bond donors (Lipinski definition) is 0. The van der Waals surface area contributed by atoms with E-state index in [1.807, 2.05) is 0 Å². The first-order valence-electron chi connectivity index (χ1n) is 0.760. The Morgan fingerprint density at radius 2 is 2.25 bits per heavy atom. The summed E-state index contributed by atoms with van der Waals surface area (Å²) >= 11 is 4.92. The Morgan fingerprint density at radius 1 is 2.00 bits per heavy atom. The minimum atomic E-state index is 0.205. The van der Waals surface area contributed by atoms with Gasteiger partial charge in [0, 0.05) is 0 Å². The molecule has 0 spiro atoms. The zero-order chi connectivity index (χ0) is 3.41. The second-order valence-corrected chi connectivity index (χ2v) is 0.760. The van der Waals surface area contributed by atoms with Gasteiger partial charge in [-0.15, -0.1) is 0 Å². The third kappa shape index (κ3) is 2.47. The lowest BCUT2D eigenvalue weighted by atomic mass is 11.7. The van der Waals surface area contributed by atoms with E-state index in [9.17, 15) is 0 Å². The van der Waals surface area contributed by atoms with E-state index in [0.29, 0.717) is 0 Å². The monoisotopic (exact) mass is 93.0 g/mol. The van der Waals surface area contributed by atoms with Gasteiger partial charge in [-0.2, -0.15) is 0 Å². The maximum atomic E-state index is 4.92. The molecule has 1 nitrogen and oxygen atoms in total. The summed E-state index contributed by atoms with van der Waals surface area (Å²) in [4.78, 5) is 0. The van der Waals surface area contributed by atoms with Gasteiger partial charge in [0.15, 0.2) is 0 Å². The van der Waals surface area contributed by atoms with E-state index in [0.717, 1.165) is 0 Å². The molecule has 0 fully saturated rings. The summed E-state index contributed by atoms with van der Waals surface area (Å²) in [5.41, 5.74) is 0. The molecule has 3 radical (unpaired) electrons. The van der Waals surface area contributed by atoms with Crippen molar-refractivity contribution in [2.75, 3.05) is 6.07 Å². The summed E-state index contributed by atoms with van der Waals surface area (Å²) in [6.45, 7) is 0. The highest BCUT2D eigenvalue weighted by atomic mass is 35.5. The third-order valence-corrected chi connectivity index (χ3v) is 0.491. The van der Waals surface area contributed by atoms with Gasteiger partial charge in [0.25, 0.3) is 0 Å². The van der Waals surface area contributed by atoms with Crippen LogP contribution in [0.5, 0.6) is 0 Å². The van der Waals surface area contributed by atoms with Crippen LogP contribution in [0.1, 0.15) is 0 Å². The first-order chi connectivity index (χ1) is 1.91. The van der Waals surface area contributed by atoms with Gasteiger partial charge in [0.05, 0.1) is 0 Å². The van der Waals surface area contributed by atoms with Crippen LogP contribution >= 0.6 is 11.6 Å². The Balaban J connectivity index is 1.97. The second-order valence-electron chi connectivity index (χ2n) is 0.253. The largest absolute Gasteiger partial charge is 0.405 e. The van der Waals surface area contributed by atoms with Gasteiger partial charge in [0.2, 0.25) is 10.5 Å². The van der Waals surface area contributed by atoms with E-state index in [4.69, 9.17) is 11.6 Å². The van der Waals surface area contributed by atoms with Crippen LogP contribution in [-0.2, 0) is 4.43 Å². The fraction of sp³-hybridized carbons (Fsp3) is 1.00. The molecule has 0 amide bonds. The van der Waals surface area contributed by atoms with Crippen LogP contribution < -0.4 is 0 Å². The normalized spacial score (nSPS) is 7.50. The molecular weight excluding hydrogens is 91.5 g/mol. The molecule has 0 aliphatic rings. The topological polar surface area (TPSA) is 9.23 Å². The third-order valence-electron chi connectivity index (χ3n) is 0.0546. The predicted octanol–water partition coefficient (Wildman–Crippen LogP) is 0.283. The predicted molar refractivity (Wildman–Crippen MR) is 17.6 cm³/mol. The average molecular weight is 93.6 g/mol. The fourth-order valence-corrected chi connectivity index (χ4v) is 0. The molecule has 0 saturated carbocycles. The standard InChI is InChI=1S/CH2ClOSi/c2-1-3-4/h1H2. The van der Waals surface area contributed by atoms with Crippen molar-refractivity contribution in [3.63, 3.8) is 0 Å². The lowest BCUT2D eigenvalue weighted by molar-refractivity contribution is 0.430. The minimum absolute atomic E-state index is 0.205. The van der Waals surface area contributed by atoms with Gasteiger partial charge in [-0.05, 0) is 0 Å². The molecule has 0 aliphatic carbocycles. The van der Waals surface area contributed by atoms with Crippen LogP contribution in [0, 0.1) is 0 Å². The summed E-state index contributed by atoms with van der Waals surface area (Å²) in [6.07, 6.45) is 0. The van der Waals surface area contributed by atoms with E-state index < -0.39 is 0 Å². The summed E-state index contributed by atoms with van der Waals surface area (Å²) < 4.78 is 4.11. The van der Waals surface area contributed by atoms with Crippen LogP contribution in [0.2, 0.25) is 0 Å². The average Bonchev–Trinajstić information content (AvgIpc) is 1.37. The van der Waals surface area contributed by atoms with Crippen LogP contribution in [0.4, 0.5) is 0 Å². The van der Waals surface area contributed by atoms with Crippen molar-refractivity contribution in [2.45, 2.75) is 0 Å². The second kappa shape index (κ2) is 3.47. The van der Waals surface area contributed by atoms with Gasteiger partial charge in [-0.25, -0.2) is 0 Å². The molecule has 3 heteroatoms. The molecule has 0 aromatic carbocycles. The molecule has 0 heterocycles. The Bertz CT molecular complexity index is 10.0. The van der Waals surface area contributed by atoms with E-state index in [1.165, 1.54) is 0 Å². The number of rotatable bonds is 1. The van der Waals surface area contributed by atoms with Crippen molar-refractivity contribution in [3.05, 3.63) is 0 Å². The van der Waals surface area contributed by atoms with Crippen molar-refractivity contribution in [3.8, 4) is 0 Å². The molecule has 23 valence electrons. The van der Waals surface area contributed by atoms with E-state index in [2.05, 4.69) is 14.9 Å². The molecule has 0 N–H and O–H groups in total. The van der Waals surface area contributed by atoms with Crippen LogP contribution in [-0.4, -0.2) is 16.6 Å². The SMILES string of the molecule is [Si]OCCl.